The Kier molecular flexibility index (Phi) is 4.87. The number of benzene rings is 3. The zero-order valence-electron chi connectivity index (χ0n) is 11.2. The van der Waals surface area contributed by atoms with Gasteiger partial charge in [0.15, 0.2) is 0 Å². The molecule has 21 heavy (non-hydrogen) atoms. The van der Waals surface area contributed by atoms with Crippen LogP contribution in [0.5, 0.6) is 0 Å². The maximum atomic E-state index is 6.21. The molecule has 3 rings (SSSR count). The number of alkyl halides is 1. The highest BCUT2D eigenvalue weighted by Gasteiger charge is 2.10. The summed E-state index contributed by atoms with van der Waals surface area (Å²) in [7, 11) is 0. The fourth-order valence-corrected chi connectivity index (χ4v) is 3.58. The molecule has 1 unspecified atom stereocenters. The second-order valence-electron chi connectivity index (χ2n) is 5.03. The van der Waals surface area contributed by atoms with Gasteiger partial charge < -0.3 is 0 Å². The summed E-state index contributed by atoms with van der Waals surface area (Å²) in [5.41, 5.74) is 2.54. The van der Waals surface area contributed by atoms with Crippen LogP contribution in [-0.2, 0) is 6.42 Å². The van der Waals surface area contributed by atoms with Crippen molar-refractivity contribution in [2.45, 2.75) is 11.2 Å². The maximum Gasteiger partial charge on any atom is 0.0542 e. The second kappa shape index (κ2) is 6.67. The van der Waals surface area contributed by atoms with Gasteiger partial charge in [-0.3, -0.25) is 0 Å². The molecule has 0 fully saturated rings. The van der Waals surface area contributed by atoms with E-state index in [2.05, 4.69) is 93.1 Å². The summed E-state index contributed by atoms with van der Waals surface area (Å²) in [6, 6.07) is 21.3. The van der Waals surface area contributed by atoms with Gasteiger partial charge in [-0.05, 0) is 63.0 Å². The number of rotatable bonds is 3. The van der Waals surface area contributed by atoms with Crippen molar-refractivity contribution in [3.05, 3.63) is 80.4 Å². The van der Waals surface area contributed by atoms with Crippen molar-refractivity contribution in [2.24, 2.45) is 0 Å². The van der Waals surface area contributed by atoms with Gasteiger partial charge in [0.05, 0.1) is 5.02 Å². The van der Waals surface area contributed by atoms with Crippen LogP contribution in [0.3, 0.4) is 0 Å². The SMILES string of the molecule is Clc1cc(C(Br)Cc2ccc3ccccc3c2)ccc1I. The van der Waals surface area contributed by atoms with Gasteiger partial charge in [-0.25, -0.2) is 0 Å². The Balaban J connectivity index is 1.85. The molecule has 0 aliphatic carbocycles. The lowest BCUT2D eigenvalue weighted by molar-refractivity contribution is 0.950. The highest BCUT2D eigenvalue weighted by atomic mass is 127. The van der Waals surface area contributed by atoms with Gasteiger partial charge in [-0.1, -0.05) is 76.1 Å². The van der Waals surface area contributed by atoms with E-state index < -0.39 is 0 Å². The van der Waals surface area contributed by atoms with Crippen LogP contribution >= 0.6 is 50.1 Å². The van der Waals surface area contributed by atoms with E-state index in [0.29, 0.717) is 0 Å². The summed E-state index contributed by atoms with van der Waals surface area (Å²) in [5.74, 6) is 0. The summed E-state index contributed by atoms with van der Waals surface area (Å²) < 4.78 is 1.09. The Labute approximate surface area is 151 Å². The van der Waals surface area contributed by atoms with E-state index in [0.717, 1.165) is 15.0 Å². The van der Waals surface area contributed by atoms with Gasteiger partial charge in [-0.2, -0.15) is 0 Å². The molecule has 0 saturated carbocycles. The Bertz CT molecular complexity index is 785. The van der Waals surface area contributed by atoms with E-state index in [-0.39, 0.29) is 4.83 Å². The van der Waals surface area contributed by atoms with Crippen molar-refractivity contribution in [1.82, 2.24) is 0 Å². The molecular weight excluding hydrogens is 458 g/mol. The van der Waals surface area contributed by atoms with E-state index >= 15 is 0 Å². The largest absolute Gasteiger partial charge is 0.0835 e. The van der Waals surface area contributed by atoms with Gasteiger partial charge in [0.25, 0.3) is 0 Å². The third-order valence-corrected chi connectivity index (χ3v) is 5.96. The molecule has 3 aromatic carbocycles. The van der Waals surface area contributed by atoms with Crippen molar-refractivity contribution in [3.63, 3.8) is 0 Å². The monoisotopic (exact) mass is 470 g/mol. The lowest BCUT2D eigenvalue weighted by Gasteiger charge is -2.12. The average Bonchev–Trinajstić information content (AvgIpc) is 2.50. The van der Waals surface area contributed by atoms with Crippen LogP contribution in [0.1, 0.15) is 16.0 Å². The van der Waals surface area contributed by atoms with E-state index in [1.54, 1.807) is 0 Å². The zero-order chi connectivity index (χ0) is 14.8. The molecule has 0 radical (unpaired) electrons. The summed E-state index contributed by atoms with van der Waals surface area (Å²) >= 11 is 12.2. The third kappa shape index (κ3) is 3.61. The Morgan fingerprint density at radius 2 is 1.71 bits per heavy atom. The molecule has 0 heterocycles. The van der Waals surface area contributed by atoms with Crippen LogP contribution in [0.25, 0.3) is 10.8 Å². The van der Waals surface area contributed by atoms with Crippen molar-refractivity contribution < 1.29 is 0 Å². The number of hydrogen-bond donors (Lipinski definition) is 0. The zero-order valence-corrected chi connectivity index (χ0v) is 15.7. The van der Waals surface area contributed by atoms with Crippen molar-refractivity contribution in [1.29, 1.82) is 0 Å². The predicted molar refractivity (Wildman–Crippen MR) is 103 cm³/mol. The number of fused-ring (bicyclic) bond motifs is 1. The van der Waals surface area contributed by atoms with Gasteiger partial charge in [0, 0.05) is 8.40 Å². The van der Waals surface area contributed by atoms with Crippen LogP contribution < -0.4 is 0 Å². The summed E-state index contributed by atoms with van der Waals surface area (Å²) in [5, 5.41) is 3.39. The molecule has 0 spiro atoms. The molecular formula is C18H13BrClI. The second-order valence-corrected chi connectivity index (χ2v) is 7.70. The average molecular weight is 472 g/mol. The molecule has 1 atom stereocenters. The van der Waals surface area contributed by atoms with E-state index in [1.165, 1.54) is 21.9 Å². The Morgan fingerprint density at radius 1 is 0.952 bits per heavy atom. The topological polar surface area (TPSA) is 0 Å². The maximum absolute atomic E-state index is 6.21. The molecule has 0 aromatic heterocycles. The molecule has 0 nitrogen and oxygen atoms in total. The van der Waals surface area contributed by atoms with Gasteiger partial charge in [0.2, 0.25) is 0 Å². The minimum atomic E-state index is 0.271. The highest BCUT2D eigenvalue weighted by Crippen LogP contribution is 2.31. The standard InChI is InChI=1S/C18H13BrClI/c19-16(15-7-8-18(21)17(20)11-15)10-12-5-6-13-3-1-2-4-14(13)9-12/h1-9,11,16H,10H2. The van der Waals surface area contributed by atoms with Crippen LogP contribution in [0.4, 0.5) is 0 Å². The molecule has 0 bridgehead atoms. The van der Waals surface area contributed by atoms with Crippen molar-refractivity contribution >= 4 is 60.9 Å². The van der Waals surface area contributed by atoms with E-state index in [4.69, 9.17) is 11.6 Å². The predicted octanol–water partition coefficient (Wildman–Crippen LogP) is 6.78. The molecule has 0 aliphatic rings. The Hall–Kier alpha value is -0.580. The van der Waals surface area contributed by atoms with Crippen LogP contribution in [0.2, 0.25) is 5.02 Å². The molecule has 0 saturated heterocycles. The van der Waals surface area contributed by atoms with Crippen LogP contribution in [-0.4, -0.2) is 0 Å². The van der Waals surface area contributed by atoms with Crippen LogP contribution in [0, 0.1) is 3.57 Å². The number of halogens is 3. The van der Waals surface area contributed by atoms with Crippen molar-refractivity contribution in [3.8, 4) is 0 Å². The third-order valence-electron chi connectivity index (χ3n) is 3.53. The number of hydrogen-bond acceptors (Lipinski definition) is 0. The first-order chi connectivity index (χ1) is 10.1. The molecule has 0 amide bonds. The first-order valence-corrected chi connectivity index (χ1v) is 9.07. The summed E-state index contributed by atoms with van der Waals surface area (Å²) in [4.78, 5) is 0.271. The molecule has 106 valence electrons. The first kappa shape index (κ1) is 15.3. The summed E-state index contributed by atoms with van der Waals surface area (Å²) in [6.45, 7) is 0. The minimum Gasteiger partial charge on any atom is -0.0835 e. The lowest BCUT2D eigenvalue weighted by atomic mass is 10.0. The first-order valence-electron chi connectivity index (χ1n) is 6.70. The molecule has 3 aromatic rings. The Morgan fingerprint density at radius 3 is 2.48 bits per heavy atom. The van der Waals surface area contributed by atoms with E-state index in [9.17, 15) is 0 Å². The fourth-order valence-electron chi connectivity index (χ4n) is 2.40. The van der Waals surface area contributed by atoms with E-state index in [1.807, 2.05) is 6.07 Å². The minimum absolute atomic E-state index is 0.271. The van der Waals surface area contributed by atoms with Gasteiger partial charge >= 0.3 is 0 Å². The molecule has 0 aliphatic heterocycles. The van der Waals surface area contributed by atoms with Crippen LogP contribution in [0.15, 0.2) is 60.7 Å². The van der Waals surface area contributed by atoms with Gasteiger partial charge in [-0.15, -0.1) is 0 Å². The highest BCUT2D eigenvalue weighted by molar-refractivity contribution is 14.1. The van der Waals surface area contributed by atoms with Gasteiger partial charge in [0.1, 0.15) is 0 Å². The lowest BCUT2D eigenvalue weighted by Crippen LogP contribution is -1.96. The quantitative estimate of drug-likeness (QED) is 0.292. The summed E-state index contributed by atoms with van der Waals surface area (Å²) in [6.07, 6.45) is 0.946. The normalized spacial score (nSPS) is 12.5. The fraction of sp³-hybridized carbons (Fsp3) is 0.111. The van der Waals surface area contributed by atoms with Crippen molar-refractivity contribution in [2.75, 3.05) is 0 Å². The molecule has 3 heteroatoms. The smallest absolute Gasteiger partial charge is 0.0542 e. The molecule has 0 N–H and O–H groups in total.